The van der Waals surface area contributed by atoms with E-state index in [9.17, 15) is 0 Å². The summed E-state index contributed by atoms with van der Waals surface area (Å²) in [6.45, 7) is 7.03. The molecule has 2 N–H and O–H groups in total. The number of methoxy groups -OCH3 is 1. The van der Waals surface area contributed by atoms with Crippen LogP contribution in [0.4, 0.5) is 0 Å². The van der Waals surface area contributed by atoms with E-state index < -0.39 is 0 Å². The molecule has 0 amide bonds. The number of aliphatic imine (C=N–C) groups is 1. The lowest BCUT2D eigenvalue weighted by Gasteiger charge is -2.41. The Kier molecular flexibility index (Phi) is 8.22. The Labute approximate surface area is 180 Å². The molecule has 162 valence electrons. The summed E-state index contributed by atoms with van der Waals surface area (Å²) in [5.41, 5.74) is 1.62. The van der Waals surface area contributed by atoms with Crippen LogP contribution in [-0.2, 0) is 14.9 Å². The minimum Gasteiger partial charge on any atom is -0.385 e. The molecule has 0 radical (unpaired) electrons. The summed E-state index contributed by atoms with van der Waals surface area (Å²) in [6, 6.07) is 8.28. The molecule has 0 aromatic heterocycles. The van der Waals surface area contributed by atoms with Crippen molar-refractivity contribution >= 4 is 17.6 Å². The molecule has 1 saturated carbocycles. The molecule has 6 heteroatoms. The van der Waals surface area contributed by atoms with Crippen LogP contribution in [0.15, 0.2) is 29.3 Å². The minimum absolute atomic E-state index is 0.0174. The number of rotatable bonds is 9. The first-order chi connectivity index (χ1) is 14.1. The van der Waals surface area contributed by atoms with Gasteiger partial charge in [0.15, 0.2) is 5.96 Å². The largest absolute Gasteiger partial charge is 0.385 e. The smallest absolute Gasteiger partial charge is 0.191 e. The van der Waals surface area contributed by atoms with Gasteiger partial charge in [-0.05, 0) is 62.1 Å². The van der Waals surface area contributed by atoms with Crippen molar-refractivity contribution in [1.29, 1.82) is 0 Å². The Hall–Kier alpha value is -1.30. The molecule has 0 spiro atoms. The monoisotopic (exact) mass is 421 g/mol. The fraction of sp³-hybridized carbons (Fsp3) is 0.696. The summed E-state index contributed by atoms with van der Waals surface area (Å²) in [4.78, 5) is 4.97. The molecule has 2 fully saturated rings. The van der Waals surface area contributed by atoms with Gasteiger partial charge in [-0.15, -0.1) is 0 Å². The van der Waals surface area contributed by atoms with Gasteiger partial charge in [0, 0.05) is 57.0 Å². The highest BCUT2D eigenvalue weighted by Crippen LogP contribution is 2.44. The summed E-state index contributed by atoms with van der Waals surface area (Å²) in [6.07, 6.45) is 6.87. The number of hydrogen-bond donors (Lipinski definition) is 2. The molecule has 0 bridgehead atoms. The van der Waals surface area contributed by atoms with Crippen molar-refractivity contribution in [2.45, 2.75) is 50.9 Å². The first-order valence-corrected chi connectivity index (χ1v) is 11.3. The fourth-order valence-corrected chi connectivity index (χ4v) is 4.66. The third kappa shape index (κ3) is 5.87. The minimum atomic E-state index is 0.0174. The molecule has 3 rings (SSSR count). The summed E-state index contributed by atoms with van der Waals surface area (Å²) >= 11 is 6.30. The van der Waals surface area contributed by atoms with E-state index in [0.29, 0.717) is 5.41 Å². The predicted molar refractivity (Wildman–Crippen MR) is 120 cm³/mol. The zero-order chi connectivity index (χ0) is 20.6. The van der Waals surface area contributed by atoms with Crippen LogP contribution in [0.25, 0.3) is 0 Å². The second kappa shape index (κ2) is 10.6. The SMILES string of the molecule is CCNC(=NCC1(CCOC)CCC1)NCC1(c2cccc(Cl)c2)CCOCC1. The van der Waals surface area contributed by atoms with Gasteiger partial charge in [0.2, 0.25) is 0 Å². The van der Waals surface area contributed by atoms with Crippen molar-refractivity contribution in [2.24, 2.45) is 10.4 Å². The van der Waals surface area contributed by atoms with Gasteiger partial charge in [0.05, 0.1) is 0 Å². The van der Waals surface area contributed by atoms with E-state index in [-0.39, 0.29) is 5.41 Å². The lowest BCUT2D eigenvalue weighted by atomic mass is 9.67. The Morgan fingerprint density at radius 2 is 2.00 bits per heavy atom. The molecule has 2 aliphatic rings. The number of nitrogens with zero attached hydrogens (tertiary/aromatic N) is 1. The van der Waals surface area contributed by atoms with Gasteiger partial charge in [-0.2, -0.15) is 0 Å². The van der Waals surface area contributed by atoms with Gasteiger partial charge in [-0.3, -0.25) is 4.99 Å². The van der Waals surface area contributed by atoms with Crippen LogP contribution in [0.5, 0.6) is 0 Å². The van der Waals surface area contributed by atoms with E-state index in [2.05, 4.69) is 29.7 Å². The molecule has 5 nitrogen and oxygen atoms in total. The normalized spacial score (nSPS) is 20.7. The third-order valence-corrected chi connectivity index (χ3v) is 6.88. The van der Waals surface area contributed by atoms with Crippen molar-refractivity contribution < 1.29 is 9.47 Å². The van der Waals surface area contributed by atoms with E-state index in [1.807, 2.05) is 12.1 Å². The Balaban J connectivity index is 1.70. The molecular weight excluding hydrogens is 386 g/mol. The summed E-state index contributed by atoms with van der Waals surface area (Å²) in [5, 5.41) is 7.86. The maximum Gasteiger partial charge on any atom is 0.191 e. The maximum absolute atomic E-state index is 6.30. The van der Waals surface area contributed by atoms with Crippen LogP contribution in [0.1, 0.15) is 51.0 Å². The van der Waals surface area contributed by atoms with Crippen LogP contribution >= 0.6 is 11.6 Å². The quantitative estimate of drug-likeness (QED) is 0.464. The number of hydrogen-bond acceptors (Lipinski definition) is 3. The Morgan fingerprint density at radius 3 is 2.62 bits per heavy atom. The van der Waals surface area contributed by atoms with E-state index in [0.717, 1.165) is 69.7 Å². The first-order valence-electron chi connectivity index (χ1n) is 11.0. The second-order valence-electron chi connectivity index (χ2n) is 8.55. The average Bonchev–Trinajstić information content (AvgIpc) is 2.71. The molecule has 1 aromatic carbocycles. The van der Waals surface area contributed by atoms with E-state index in [1.54, 1.807) is 7.11 Å². The first kappa shape index (κ1) is 22.4. The van der Waals surface area contributed by atoms with Crippen molar-refractivity contribution in [3.05, 3.63) is 34.9 Å². The summed E-state index contributed by atoms with van der Waals surface area (Å²) < 4.78 is 11.0. The molecule has 1 saturated heterocycles. The van der Waals surface area contributed by atoms with Crippen molar-refractivity contribution in [1.82, 2.24) is 10.6 Å². The summed E-state index contributed by atoms with van der Waals surface area (Å²) in [7, 11) is 1.78. The van der Waals surface area contributed by atoms with Crippen LogP contribution < -0.4 is 10.6 Å². The van der Waals surface area contributed by atoms with E-state index >= 15 is 0 Å². The van der Waals surface area contributed by atoms with Gasteiger partial charge in [-0.1, -0.05) is 30.2 Å². The molecule has 1 aromatic rings. The van der Waals surface area contributed by atoms with E-state index in [4.69, 9.17) is 26.1 Å². The standard InChI is InChI=1S/C23H36ClN3O2/c1-3-25-21(26-17-22(8-5-9-22)10-13-28-2)27-18-23(11-14-29-15-12-23)19-6-4-7-20(24)16-19/h4,6-7,16H,3,5,8-15,17-18H2,1-2H3,(H2,25,26,27). The lowest BCUT2D eigenvalue weighted by Crippen LogP contribution is -2.48. The molecule has 1 aliphatic heterocycles. The topological polar surface area (TPSA) is 54.9 Å². The van der Waals surface area contributed by atoms with Gasteiger partial charge in [0.1, 0.15) is 0 Å². The molecule has 1 heterocycles. The molecule has 0 atom stereocenters. The zero-order valence-electron chi connectivity index (χ0n) is 17.9. The van der Waals surface area contributed by atoms with Crippen molar-refractivity contribution in [3.8, 4) is 0 Å². The molecule has 1 aliphatic carbocycles. The average molecular weight is 422 g/mol. The Morgan fingerprint density at radius 1 is 1.21 bits per heavy atom. The highest BCUT2D eigenvalue weighted by atomic mass is 35.5. The van der Waals surface area contributed by atoms with Crippen LogP contribution in [0.3, 0.4) is 0 Å². The van der Waals surface area contributed by atoms with Crippen LogP contribution in [0, 0.1) is 5.41 Å². The number of guanidine groups is 1. The van der Waals surface area contributed by atoms with Gasteiger partial charge >= 0.3 is 0 Å². The highest BCUT2D eigenvalue weighted by molar-refractivity contribution is 6.30. The van der Waals surface area contributed by atoms with E-state index in [1.165, 1.54) is 24.8 Å². The maximum atomic E-state index is 6.30. The molecule has 0 unspecified atom stereocenters. The summed E-state index contributed by atoms with van der Waals surface area (Å²) in [5.74, 6) is 0.907. The number of ether oxygens (including phenoxy) is 2. The lowest BCUT2D eigenvalue weighted by molar-refractivity contribution is 0.0513. The van der Waals surface area contributed by atoms with Crippen LogP contribution in [-0.4, -0.2) is 52.5 Å². The van der Waals surface area contributed by atoms with Crippen molar-refractivity contribution in [2.75, 3.05) is 46.6 Å². The predicted octanol–water partition coefficient (Wildman–Crippen LogP) is 4.15. The molecular formula is C23H36ClN3O2. The molecule has 29 heavy (non-hydrogen) atoms. The Bertz CT molecular complexity index is 670. The second-order valence-corrected chi connectivity index (χ2v) is 8.98. The number of benzene rings is 1. The fourth-order valence-electron chi connectivity index (χ4n) is 4.47. The van der Waals surface area contributed by atoms with Gasteiger partial charge in [-0.25, -0.2) is 0 Å². The third-order valence-electron chi connectivity index (χ3n) is 6.65. The van der Waals surface area contributed by atoms with Gasteiger partial charge < -0.3 is 20.1 Å². The van der Waals surface area contributed by atoms with Gasteiger partial charge in [0.25, 0.3) is 0 Å². The highest BCUT2D eigenvalue weighted by Gasteiger charge is 2.37. The van der Waals surface area contributed by atoms with Crippen molar-refractivity contribution in [3.63, 3.8) is 0 Å². The zero-order valence-corrected chi connectivity index (χ0v) is 18.7. The number of nitrogens with one attached hydrogen (secondary N) is 2. The number of halogens is 1. The van der Waals surface area contributed by atoms with Crippen LogP contribution in [0.2, 0.25) is 5.02 Å².